The highest BCUT2D eigenvalue weighted by Crippen LogP contribution is 2.55. The van der Waals surface area contributed by atoms with Crippen LogP contribution in [-0.4, -0.2) is 13.1 Å². The van der Waals surface area contributed by atoms with Gasteiger partial charge < -0.3 is 9.80 Å². The highest BCUT2D eigenvalue weighted by molar-refractivity contribution is 6.24. The minimum absolute atomic E-state index is 0.101. The zero-order valence-electron chi connectivity index (χ0n) is 33.8. The Hall–Kier alpha value is -6.64. The van der Waals surface area contributed by atoms with Crippen LogP contribution in [0.2, 0.25) is 0 Å². The van der Waals surface area contributed by atoms with Crippen LogP contribution in [0.25, 0.3) is 65.7 Å². The fourth-order valence-electron chi connectivity index (χ4n) is 11.1. The molecule has 0 bridgehead atoms. The molecule has 2 aliphatic heterocycles. The summed E-state index contributed by atoms with van der Waals surface area (Å²) in [5, 5.41) is 7.70. The molecule has 284 valence electrons. The Balaban J connectivity index is 1.21. The summed E-state index contributed by atoms with van der Waals surface area (Å²) < 4.78 is 0. The highest BCUT2D eigenvalue weighted by atomic mass is 15.1. The molecule has 9 aromatic rings. The molecule has 0 atom stereocenters. The van der Waals surface area contributed by atoms with Crippen molar-refractivity contribution in [1.82, 2.24) is 0 Å². The summed E-state index contributed by atoms with van der Waals surface area (Å²) in [6, 6.07) is 64.8. The number of para-hydroxylation sites is 2. The van der Waals surface area contributed by atoms with Crippen molar-refractivity contribution in [2.24, 2.45) is 0 Å². The second kappa shape index (κ2) is 13.2. The standard InChI is InChI=1S/C57H46N2/c1-57(2)50-22-8-7-20-46(50)56-47(21-11-23-51(56)57)55-45-31-29-42(58-32-12-18-38-15-5-9-24-52(38)58)35-48(45)54(41-27-26-37-14-3-4-17-40(37)34-41)44-30-28-43(36-49(44)55)59-33-13-19-39-16-6-10-25-53(39)59/h3-11,14-17,20-31,34-36H,12-13,18-19,32-33H2,1-2H3. The zero-order chi connectivity index (χ0) is 39.2. The molecule has 59 heavy (non-hydrogen) atoms. The smallest absolute Gasteiger partial charge is 0.0443 e. The molecule has 0 fully saturated rings. The maximum Gasteiger partial charge on any atom is 0.0443 e. The quantitative estimate of drug-likeness (QED) is 0.165. The number of aryl methyl sites for hydroxylation is 2. The zero-order valence-corrected chi connectivity index (χ0v) is 33.8. The van der Waals surface area contributed by atoms with Gasteiger partial charge in [-0.3, -0.25) is 0 Å². The average Bonchev–Trinajstić information content (AvgIpc) is 3.53. The van der Waals surface area contributed by atoms with Crippen molar-refractivity contribution in [2.75, 3.05) is 22.9 Å². The van der Waals surface area contributed by atoms with Crippen LogP contribution in [0.3, 0.4) is 0 Å². The number of nitrogens with zero attached hydrogens (tertiary/aromatic N) is 2. The number of anilines is 4. The predicted octanol–water partition coefficient (Wildman–Crippen LogP) is 15.0. The Bertz CT molecular complexity index is 3170. The van der Waals surface area contributed by atoms with Crippen molar-refractivity contribution >= 4 is 55.1 Å². The molecular formula is C57H46N2. The van der Waals surface area contributed by atoms with Crippen molar-refractivity contribution in [1.29, 1.82) is 0 Å². The van der Waals surface area contributed by atoms with Crippen LogP contribution >= 0.6 is 0 Å². The van der Waals surface area contributed by atoms with Gasteiger partial charge in [-0.25, -0.2) is 0 Å². The number of fused-ring (bicyclic) bond motifs is 8. The van der Waals surface area contributed by atoms with Crippen molar-refractivity contribution < 1.29 is 0 Å². The van der Waals surface area contributed by atoms with E-state index in [1.165, 1.54) is 111 Å². The Morgan fingerprint density at radius 3 is 1.68 bits per heavy atom. The van der Waals surface area contributed by atoms with Gasteiger partial charge in [0, 0.05) is 41.3 Å². The Labute approximate surface area is 347 Å². The molecular weight excluding hydrogens is 713 g/mol. The summed E-state index contributed by atoms with van der Waals surface area (Å²) in [7, 11) is 0. The van der Waals surface area contributed by atoms with Gasteiger partial charge in [-0.15, -0.1) is 0 Å². The van der Waals surface area contributed by atoms with Gasteiger partial charge in [0.15, 0.2) is 0 Å². The second-order valence-corrected chi connectivity index (χ2v) is 17.4. The molecule has 0 amide bonds. The van der Waals surface area contributed by atoms with Gasteiger partial charge in [0.1, 0.15) is 0 Å². The van der Waals surface area contributed by atoms with Crippen molar-refractivity contribution in [3.8, 4) is 33.4 Å². The molecule has 0 unspecified atom stereocenters. The lowest BCUT2D eigenvalue weighted by Gasteiger charge is -2.32. The van der Waals surface area contributed by atoms with E-state index in [1.54, 1.807) is 0 Å². The molecule has 9 aromatic carbocycles. The largest absolute Gasteiger partial charge is 0.341 e. The molecule has 12 rings (SSSR count). The maximum absolute atomic E-state index is 2.56. The molecule has 2 heterocycles. The van der Waals surface area contributed by atoms with Crippen LogP contribution < -0.4 is 9.80 Å². The Morgan fingerprint density at radius 1 is 0.407 bits per heavy atom. The minimum atomic E-state index is -0.101. The van der Waals surface area contributed by atoms with Gasteiger partial charge in [0.2, 0.25) is 0 Å². The molecule has 0 N–H and O–H groups in total. The van der Waals surface area contributed by atoms with E-state index in [4.69, 9.17) is 0 Å². The number of hydrogen-bond acceptors (Lipinski definition) is 2. The van der Waals surface area contributed by atoms with E-state index in [0.29, 0.717) is 0 Å². The number of benzene rings is 9. The Morgan fingerprint density at radius 2 is 0.966 bits per heavy atom. The first-order valence-corrected chi connectivity index (χ1v) is 21.5. The third-order valence-corrected chi connectivity index (χ3v) is 13.8. The topological polar surface area (TPSA) is 6.48 Å². The van der Waals surface area contributed by atoms with E-state index in [0.717, 1.165) is 38.8 Å². The molecule has 2 nitrogen and oxygen atoms in total. The van der Waals surface area contributed by atoms with Gasteiger partial charge in [-0.1, -0.05) is 141 Å². The SMILES string of the molecule is CC1(C)c2ccccc2-c2c(-c3c4ccc(N5CCCc6ccccc65)cc4c(-c4ccc5ccccc5c4)c4ccc(N5CCCc6ccccc65)cc34)cccc21. The molecule has 0 spiro atoms. The fraction of sp³-hybridized carbons (Fsp3) is 0.158. The fourth-order valence-corrected chi connectivity index (χ4v) is 11.1. The van der Waals surface area contributed by atoms with Crippen LogP contribution in [0.15, 0.2) is 170 Å². The number of rotatable bonds is 4. The van der Waals surface area contributed by atoms with Gasteiger partial charge in [0.05, 0.1) is 0 Å². The molecule has 3 aliphatic rings. The van der Waals surface area contributed by atoms with Gasteiger partial charge >= 0.3 is 0 Å². The van der Waals surface area contributed by atoms with Crippen LogP contribution in [-0.2, 0) is 18.3 Å². The molecule has 0 saturated heterocycles. The van der Waals surface area contributed by atoms with Crippen molar-refractivity contribution in [3.05, 3.63) is 192 Å². The summed E-state index contributed by atoms with van der Waals surface area (Å²) in [6.07, 6.45) is 4.53. The van der Waals surface area contributed by atoms with E-state index in [-0.39, 0.29) is 5.41 Å². The van der Waals surface area contributed by atoms with E-state index in [2.05, 4.69) is 194 Å². The van der Waals surface area contributed by atoms with Crippen molar-refractivity contribution in [3.63, 3.8) is 0 Å². The van der Waals surface area contributed by atoms with E-state index >= 15 is 0 Å². The predicted molar refractivity (Wildman–Crippen MR) is 251 cm³/mol. The van der Waals surface area contributed by atoms with E-state index < -0.39 is 0 Å². The third kappa shape index (κ3) is 5.25. The van der Waals surface area contributed by atoms with Crippen LogP contribution in [0.1, 0.15) is 48.9 Å². The highest BCUT2D eigenvalue weighted by Gasteiger charge is 2.37. The summed E-state index contributed by atoms with van der Waals surface area (Å²) in [6.45, 7) is 6.81. The Kier molecular flexibility index (Phi) is 7.69. The monoisotopic (exact) mass is 758 g/mol. The first-order chi connectivity index (χ1) is 29.0. The van der Waals surface area contributed by atoms with Crippen molar-refractivity contribution in [2.45, 2.75) is 44.9 Å². The lowest BCUT2D eigenvalue weighted by molar-refractivity contribution is 0.660. The molecule has 0 aromatic heterocycles. The normalized spacial score (nSPS) is 15.3. The maximum atomic E-state index is 2.56. The summed E-state index contributed by atoms with van der Waals surface area (Å²) in [5.41, 5.74) is 18.6. The van der Waals surface area contributed by atoms with E-state index in [9.17, 15) is 0 Å². The minimum Gasteiger partial charge on any atom is -0.341 e. The molecule has 0 radical (unpaired) electrons. The average molecular weight is 759 g/mol. The van der Waals surface area contributed by atoms with Crippen LogP contribution in [0, 0.1) is 0 Å². The molecule has 1 aliphatic carbocycles. The first-order valence-electron chi connectivity index (χ1n) is 21.5. The van der Waals surface area contributed by atoms with Gasteiger partial charge in [0.25, 0.3) is 0 Å². The van der Waals surface area contributed by atoms with Gasteiger partial charge in [-0.05, 0) is 156 Å². The first kappa shape index (κ1) is 34.4. The summed E-state index contributed by atoms with van der Waals surface area (Å²) in [5.74, 6) is 0. The second-order valence-electron chi connectivity index (χ2n) is 17.4. The number of hydrogen-bond donors (Lipinski definition) is 0. The molecule has 0 saturated carbocycles. The third-order valence-electron chi connectivity index (χ3n) is 13.8. The lowest BCUT2D eigenvalue weighted by atomic mass is 9.80. The van der Waals surface area contributed by atoms with Crippen LogP contribution in [0.4, 0.5) is 22.7 Å². The van der Waals surface area contributed by atoms with Gasteiger partial charge in [-0.2, -0.15) is 0 Å². The van der Waals surface area contributed by atoms with E-state index in [1.807, 2.05) is 0 Å². The molecule has 2 heteroatoms. The lowest BCUT2D eigenvalue weighted by Crippen LogP contribution is -2.24. The van der Waals surface area contributed by atoms with Crippen LogP contribution in [0.5, 0.6) is 0 Å². The summed E-state index contributed by atoms with van der Waals surface area (Å²) in [4.78, 5) is 5.12. The summed E-state index contributed by atoms with van der Waals surface area (Å²) >= 11 is 0.